The number of hydrogen-bond acceptors (Lipinski definition) is 6. The molecule has 0 saturated carbocycles. The number of nitrogens with zero attached hydrogens (tertiary/aromatic N) is 5. The monoisotopic (exact) mass is 291 g/mol. The molecule has 0 amide bonds. The van der Waals surface area contributed by atoms with E-state index in [0.29, 0.717) is 18.4 Å². The lowest BCUT2D eigenvalue weighted by Crippen LogP contribution is -2.41. The third kappa shape index (κ3) is 2.84. The molecular weight excluding hydrogens is 270 g/mol. The van der Waals surface area contributed by atoms with Gasteiger partial charge in [0, 0.05) is 32.4 Å². The van der Waals surface area contributed by atoms with Crippen LogP contribution in [-0.4, -0.2) is 51.0 Å². The minimum absolute atomic E-state index is 0.206. The summed E-state index contributed by atoms with van der Waals surface area (Å²) in [4.78, 5) is 11.0. The maximum atomic E-state index is 9.30. The van der Waals surface area contributed by atoms with E-state index in [-0.39, 0.29) is 6.61 Å². The lowest BCUT2D eigenvalue weighted by Gasteiger charge is -2.37. The summed E-state index contributed by atoms with van der Waals surface area (Å²) >= 11 is 0. The zero-order valence-electron chi connectivity index (χ0n) is 12.3. The Bertz CT molecular complexity index is 598. The molecule has 1 aliphatic heterocycles. The number of aliphatic hydroxyl groups is 1. The molecular formula is C14H21N5O2. The van der Waals surface area contributed by atoms with Gasteiger partial charge in [0.1, 0.15) is 12.1 Å². The number of aliphatic hydroxyl groups excluding tert-OH is 1. The summed E-state index contributed by atoms with van der Waals surface area (Å²) in [5.74, 6) is 1.58. The first kappa shape index (κ1) is 14.2. The standard InChI is InChI=1S/C14H21N5O2/c1-21-9-11-8-13(19-14(17-11)15-10-16-19)18-6-3-2-4-12(18)5-7-20/h8,10,12,20H,2-7,9H2,1H3. The van der Waals surface area contributed by atoms with Crippen molar-refractivity contribution >= 4 is 11.6 Å². The molecule has 2 aromatic rings. The molecule has 7 nitrogen and oxygen atoms in total. The van der Waals surface area contributed by atoms with Gasteiger partial charge in [0.25, 0.3) is 5.78 Å². The van der Waals surface area contributed by atoms with Crippen molar-refractivity contribution in [2.45, 2.75) is 38.3 Å². The van der Waals surface area contributed by atoms with E-state index >= 15 is 0 Å². The molecule has 3 rings (SSSR count). The minimum atomic E-state index is 0.206. The first-order chi connectivity index (χ1) is 10.3. The molecule has 21 heavy (non-hydrogen) atoms. The molecule has 2 aromatic heterocycles. The van der Waals surface area contributed by atoms with E-state index in [9.17, 15) is 5.11 Å². The third-order valence-corrected chi connectivity index (χ3v) is 3.96. The van der Waals surface area contributed by atoms with Crippen LogP contribution in [0.4, 0.5) is 5.82 Å². The highest BCUT2D eigenvalue weighted by Gasteiger charge is 2.25. The fraction of sp³-hybridized carbons (Fsp3) is 0.643. The SMILES string of the molecule is COCc1cc(N2CCCCC2CCO)n2ncnc2n1. The maximum absolute atomic E-state index is 9.30. The molecule has 1 saturated heterocycles. The van der Waals surface area contributed by atoms with Crippen LogP contribution < -0.4 is 4.90 Å². The molecule has 1 atom stereocenters. The second kappa shape index (κ2) is 6.36. The van der Waals surface area contributed by atoms with E-state index in [2.05, 4.69) is 20.0 Å². The second-order valence-corrected chi connectivity index (χ2v) is 5.37. The number of hydrogen-bond donors (Lipinski definition) is 1. The maximum Gasteiger partial charge on any atom is 0.254 e. The van der Waals surface area contributed by atoms with Crippen LogP contribution in [0.2, 0.25) is 0 Å². The molecule has 3 heterocycles. The van der Waals surface area contributed by atoms with Gasteiger partial charge in [-0.2, -0.15) is 14.6 Å². The van der Waals surface area contributed by atoms with E-state index in [1.807, 2.05) is 6.07 Å². The van der Waals surface area contributed by atoms with E-state index in [0.717, 1.165) is 37.3 Å². The summed E-state index contributed by atoms with van der Waals surface area (Å²) in [6, 6.07) is 2.36. The van der Waals surface area contributed by atoms with Gasteiger partial charge in [0.2, 0.25) is 0 Å². The summed E-state index contributed by atoms with van der Waals surface area (Å²) in [5.41, 5.74) is 0.848. The van der Waals surface area contributed by atoms with Crippen molar-refractivity contribution in [3.05, 3.63) is 18.1 Å². The molecule has 7 heteroatoms. The minimum Gasteiger partial charge on any atom is -0.396 e. The van der Waals surface area contributed by atoms with Gasteiger partial charge in [-0.1, -0.05) is 0 Å². The third-order valence-electron chi connectivity index (χ3n) is 3.96. The molecule has 0 radical (unpaired) electrons. The van der Waals surface area contributed by atoms with Gasteiger partial charge in [-0.05, 0) is 25.7 Å². The molecule has 0 spiro atoms. The lowest BCUT2D eigenvalue weighted by atomic mass is 9.99. The average molecular weight is 291 g/mol. The molecule has 1 fully saturated rings. The lowest BCUT2D eigenvalue weighted by molar-refractivity contribution is 0.181. The van der Waals surface area contributed by atoms with Crippen LogP contribution in [0.15, 0.2) is 12.4 Å². The summed E-state index contributed by atoms with van der Waals surface area (Å²) in [6.45, 7) is 1.63. The summed E-state index contributed by atoms with van der Waals surface area (Å²) in [6.07, 6.45) is 5.75. The molecule has 0 aromatic carbocycles. The van der Waals surface area contributed by atoms with Crippen molar-refractivity contribution in [1.29, 1.82) is 0 Å². The van der Waals surface area contributed by atoms with Crippen LogP contribution in [-0.2, 0) is 11.3 Å². The van der Waals surface area contributed by atoms with E-state index in [4.69, 9.17) is 4.74 Å². The molecule has 1 aliphatic rings. The Labute approximate surface area is 123 Å². The Hall–Kier alpha value is -1.73. The summed E-state index contributed by atoms with van der Waals surface area (Å²) in [7, 11) is 1.66. The highest BCUT2D eigenvalue weighted by molar-refractivity contribution is 5.48. The highest BCUT2D eigenvalue weighted by atomic mass is 16.5. The largest absolute Gasteiger partial charge is 0.396 e. The molecule has 1 unspecified atom stereocenters. The van der Waals surface area contributed by atoms with Gasteiger partial charge in [0.05, 0.1) is 12.3 Å². The van der Waals surface area contributed by atoms with Crippen molar-refractivity contribution in [2.24, 2.45) is 0 Å². The van der Waals surface area contributed by atoms with E-state index < -0.39 is 0 Å². The number of ether oxygens (including phenoxy) is 1. The molecule has 0 bridgehead atoms. The van der Waals surface area contributed by atoms with Crippen molar-refractivity contribution in [1.82, 2.24) is 19.6 Å². The Morgan fingerprint density at radius 1 is 1.43 bits per heavy atom. The molecule has 114 valence electrons. The Balaban J connectivity index is 2.01. The average Bonchev–Trinajstić information content (AvgIpc) is 2.96. The Kier molecular flexibility index (Phi) is 4.31. The van der Waals surface area contributed by atoms with Crippen LogP contribution in [0, 0.1) is 0 Å². The van der Waals surface area contributed by atoms with Crippen molar-refractivity contribution in [3.63, 3.8) is 0 Å². The molecule has 0 aliphatic carbocycles. The van der Waals surface area contributed by atoms with Gasteiger partial charge < -0.3 is 14.7 Å². The number of aromatic nitrogens is 4. The van der Waals surface area contributed by atoms with Crippen molar-refractivity contribution in [2.75, 3.05) is 25.2 Å². The van der Waals surface area contributed by atoms with Crippen molar-refractivity contribution < 1.29 is 9.84 Å². The zero-order chi connectivity index (χ0) is 14.7. The van der Waals surface area contributed by atoms with E-state index in [1.165, 1.54) is 12.7 Å². The van der Waals surface area contributed by atoms with Crippen LogP contribution in [0.25, 0.3) is 5.78 Å². The van der Waals surface area contributed by atoms with Crippen LogP contribution in [0.3, 0.4) is 0 Å². The second-order valence-electron chi connectivity index (χ2n) is 5.37. The highest BCUT2D eigenvalue weighted by Crippen LogP contribution is 2.27. The predicted molar refractivity (Wildman–Crippen MR) is 78.2 cm³/mol. The Morgan fingerprint density at radius 3 is 3.14 bits per heavy atom. The molecule has 1 N–H and O–H groups in total. The first-order valence-corrected chi connectivity index (χ1v) is 7.39. The smallest absolute Gasteiger partial charge is 0.254 e. The fourth-order valence-electron chi connectivity index (χ4n) is 3.02. The van der Waals surface area contributed by atoms with Crippen LogP contribution in [0.1, 0.15) is 31.4 Å². The number of methoxy groups -OCH3 is 1. The first-order valence-electron chi connectivity index (χ1n) is 7.39. The van der Waals surface area contributed by atoms with Gasteiger partial charge in [-0.3, -0.25) is 0 Å². The normalized spacial score (nSPS) is 19.3. The van der Waals surface area contributed by atoms with Gasteiger partial charge >= 0.3 is 0 Å². The summed E-state index contributed by atoms with van der Waals surface area (Å²) < 4.78 is 6.96. The van der Waals surface area contributed by atoms with E-state index in [1.54, 1.807) is 11.6 Å². The topological polar surface area (TPSA) is 75.8 Å². The number of rotatable bonds is 5. The van der Waals surface area contributed by atoms with Crippen molar-refractivity contribution in [3.8, 4) is 0 Å². The van der Waals surface area contributed by atoms with Gasteiger partial charge in [-0.15, -0.1) is 0 Å². The Morgan fingerprint density at radius 2 is 2.33 bits per heavy atom. The quantitative estimate of drug-likeness (QED) is 0.886. The van der Waals surface area contributed by atoms with Crippen LogP contribution >= 0.6 is 0 Å². The fourth-order valence-corrected chi connectivity index (χ4v) is 3.02. The van der Waals surface area contributed by atoms with Crippen LogP contribution in [0.5, 0.6) is 0 Å². The van der Waals surface area contributed by atoms with Gasteiger partial charge in [-0.25, -0.2) is 4.98 Å². The number of anilines is 1. The number of piperidine rings is 1. The predicted octanol–water partition coefficient (Wildman–Crippen LogP) is 1.01. The van der Waals surface area contributed by atoms with Gasteiger partial charge in [0.15, 0.2) is 0 Å². The zero-order valence-corrected chi connectivity index (χ0v) is 12.3. The summed E-state index contributed by atoms with van der Waals surface area (Å²) in [5, 5.41) is 13.6. The number of fused-ring (bicyclic) bond motifs is 1.